The molecule has 0 radical (unpaired) electrons. The predicted octanol–water partition coefficient (Wildman–Crippen LogP) is 5.61. The minimum absolute atomic E-state index is 0.302. The van der Waals surface area contributed by atoms with Crippen LogP contribution in [0, 0.1) is 23.7 Å². The van der Waals surface area contributed by atoms with E-state index in [9.17, 15) is 4.79 Å². The Morgan fingerprint density at radius 2 is 1.32 bits per heavy atom. The first-order chi connectivity index (χ1) is 12.3. The molecule has 0 aliphatic heterocycles. The van der Waals surface area contributed by atoms with Crippen LogP contribution in [0.4, 0.5) is 0 Å². The normalized spacial score (nSPS) is 9.60. The van der Waals surface area contributed by atoms with E-state index in [4.69, 9.17) is 5.11 Å². The lowest BCUT2D eigenvalue weighted by Gasteiger charge is -1.98. The first-order valence-electron chi connectivity index (χ1n) is 9.50. The highest BCUT2D eigenvalue weighted by molar-refractivity contribution is 5.66. The quantitative estimate of drug-likeness (QED) is 0.397. The number of aryl methyl sites for hydroxylation is 1. The van der Waals surface area contributed by atoms with Gasteiger partial charge in [0, 0.05) is 19.3 Å². The maximum absolute atomic E-state index is 10.4. The number of unbranched alkanes of at least 4 members (excludes halogenated alkanes) is 8. The van der Waals surface area contributed by atoms with Crippen molar-refractivity contribution in [3.8, 4) is 23.7 Å². The fourth-order valence-corrected chi connectivity index (χ4v) is 2.60. The maximum Gasteiger partial charge on any atom is 0.303 e. The molecule has 0 saturated heterocycles. The third-order valence-corrected chi connectivity index (χ3v) is 4.04. The second-order valence-electron chi connectivity index (χ2n) is 6.31. The molecule has 2 nitrogen and oxygen atoms in total. The van der Waals surface area contributed by atoms with E-state index >= 15 is 0 Å². The summed E-state index contributed by atoms with van der Waals surface area (Å²) in [6, 6.07) is 10.6. The molecule has 134 valence electrons. The summed E-state index contributed by atoms with van der Waals surface area (Å²) < 4.78 is 0. The fourth-order valence-electron chi connectivity index (χ4n) is 2.60. The number of benzene rings is 1. The van der Waals surface area contributed by atoms with Crippen molar-refractivity contribution in [2.24, 2.45) is 0 Å². The summed E-state index contributed by atoms with van der Waals surface area (Å²) in [4.78, 5) is 10.4. The monoisotopic (exact) mass is 338 g/mol. The van der Waals surface area contributed by atoms with Gasteiger partial charge in [0.2, 0.25) is 0 Å². The molecule has 0 heterocycles. The topological polar surface area (TPSA) is 37.3 Å². The van der Waals surface area contributed by atoms with Gasteiger partial charge in [-0.05, 0) is 49.5 Å². The second-order valence-corrected chi connectivity index (χ2v) is 6.31. The van der Waals surface area contributed by atoms with Crippen molar-refractivity contribution in [1.82, 2.24) is 0 Å². The minimum atomic E-state index is -0.687. The molecule has 2 heteroatoms. The van der Waals surface area contributed by atoms with Crippen molar-refractivity contribution in [3.63, 3.8) is 0 Å². The maximum atomic E-state index is 10.4. The molecular formula is C23H30O2. The summed E-state index contributed by atoms with van der Waals surface area (Å²) in [5.41, 5.74) is 1.40. The van der Waals surface area contributed by atoms with Crippen molar-refractivity contribution in [2.45, 2.75) is 77.0 Å². The number of hydrogen-bond acceptors (Lipinski definition) is 1. The first-order valence-corrected chi connectivity index (χ1v) is 9.50. The van der Waals surface area contributed by atoms with E-state index in [0.29, 0.717) is 6.42 Å². The summed E-state index contributed by atoms with van der Waals surface area (Å²) in [5, 5.41) is 8.54. The fraction of sp³-hybridized carbons (Fsp3) is 0.522. The molecule has 1 aromatic rings. The van der Waals surface area contributed by atoms with Crippen molar-refractivity contribution in [2.75, 3.05) is 0 Å². The Bertz CT molecular complexity index is 581. The van der Waals surface area contributed by atoms with E-state index in [-0.39, 0.29) is 0 Å². The molecule has 0 saturated carbocycles. The summed E-state index contributed by atoms with van der Waals surface area (Å²) in [6.07, 6.45) is 12.0. The van der Waals surface area contributed by atoms with Crippen molar-refractivity contribution in [1.29, 1.82) is 0 Å². The zero-order chi connectivity index (χ0) is 18.0. The molecule has 0 aliphatic carbocycles. The van der Waals surface area contributed by atoms with Gasteiger partial charge < -0.3 is 5.11 Å². The minimum Gasteiger partial charge on any atom is -0.481 e. The highest BCUT2D eigenvalue weighted by atomic mass is 16.4. The van der Waals surface area contributed by atoms with Gasteiger partial charge in [-0.15, -0.1) is 0 Å². The smallest absolute Gasteiger partial charge is 0.303 e. The van der Waals surface area contributed by atoms with Gasteiger partial charge in [-0.25, -0.2) is 0 Å². The summed E-state index contributed by atoms with van der Waals surface area (Å²) in [5.74, 6) is 11.5. The number of carboxylic acid groups (broad SMARTS) is 1. The third kappa shape index (κ3) is 13.9. The van der Waals surface area contributed by atoms with Crippen LogP contribution in [0.5, 0.6) is 0 Å². The van der Waals surface area contributed by atoms with Crippen molar-refractivity contribution >= 4 is 5.97 Å². The van der Waals surface area contributed by atoms with E-state index in [2.05, 4.69) is 54.0 Å². The number of carbonyl (C=O) groups is 1. The Kier molecular flexibility index (Phi) is 12.8. The Balaban J connectivity index is 1.89. The molecule has 0 amide bonds. The van der Waals surface area contributed by atoms with Gasteiger partial charge in [0.25, 0.3) is 0 Å². The molecule has 0 spiro atoms. The number of hydrogen-bond donors (Lipinski definition) is 1. The van der Waals surface area contributed by atoms with Crippen LogP contribution in [0.25, 0.3) is 0 Å². The van der Waals surface area contributed by atoms with E-state index in [1.165, 1.54) is 24.8 Å². The van der Waals surface area contributed by atoms with Gasteiger partial charge in [0.15, 0.2) is 0 Å². The standard InChI is InChI=1S/C23H30O2/c24-23(25)21-17-12-10-8-6-4-2-1-3-5-7-9-11-14-18-22-19-15-13-16-20-22/h13,15-16,19-20H,2,4,6,8-12,14,17-18,21H2,(H,24,25). The average Bonchev–Trinajstić information content (AvgIpc) is 2.62. The Hall–Kier alpha value is -2.19. The lowest BCUT2D eigenvalue weighted by molar-refractivity contribution is -0.137. The zero-order valence-electron chi connectivity index (χ0n) is 15.2. The second kappa shape index (κ2) is 15.3. The van der Waals surface area contributed by atoms with Crippen LogP contribution in [-0.4, -0.2) is 11.1 Å². The van der Waals surface area contributed by atoms with Gasteiger partial charge >= 0.3 is 5.97 Å². The van der Waals surface area contributed by atoms with Gasteiger partial charge in [0.1, 0.15) is 0 Å². The van der Waals surface area contributed by atoms with Crippen LogP contribution in [0.2, 0.25) is 0 Å². The SMILES string of the molecule is O=C(O)CCCCCCCCC#CC#CCCCCc1ccccc1. The van der Waals surface area contributed by atoms with E-state index in [1.807, 2.05) is 0 Å². The first kappa shape index (κ1) is 20.9. The summed E-state index contributed by atoms with van der Waals surface area (Å²) in [7, 11) is 0. The third-order valence-electron chi connectivity index (χ3n) is 4.04. The Labute approximate surface area is 153 Å². The number of aliphatic carboxylic acids is 1. The van der Waals surface area contributed by atoms with Gasteiger partial charge in [-0.3, -0.25) is 4.79 Å². The Morgan fingerprint density at radius 1 is 0.760 bits per heavy atom. The molecule has 0 aromatic heterocycles. The molecule has 25 heavy (non-hydrogen) atoms. The van der Waals surface area contributed by atoms with E-state index in [0.717, 1.165) is 51.4 Å². The molecular weight excluding hydrogens is 308 g/mol. The molecule has 1 rings (SSSR count). The summed E-state index contributed by atoms with van der Waals surface area (Å²) in [6.45, 7) is 0. The molecule has 1 aromatic carbocycles. The highest BCUT2D eigenvalue weighted by Crippen LogP contribution is 2.08. The highest BCUT2D eigenvalue weighted by Gasteiger charge is 1.96. The largest absolute Gasteiger partial charge is 0.481 e. The predicted molar refractivity (Wildman–Crippen MR) is 104 cm³/mol. The van der Waals surface area contributed by atoms with Crippen LogP contribution in [0.1, 0.15) is 76.2 Å². The molecule has 0 fully saturated rings. The van der Waals surface area contributed by atoms with Crippen LogP contribution < -0.4 is 0 Å². The molecule has 0 bridgehead atoms. The van der Waals surface area contributed by atoms with Gasteiger partial charge in [-0.1, -0.05) is 67.9 Å². The molecule has 0 aliphatic rings. The lowest BCUT2D eigenvalue weighted by Crippen LogP contribution is -1.93. The zero-order valence-corrected chi connectivity index (χ0v) is 15.2. The van der Waals surface area contributed by atoms with Crippen LogP contribution in [0.15, 0.2) is 30.3 Å². The van der Waals surface area contributed by atoms with Crippen molar-refractivity contribution in [3.05, 3.63) is 35.9 Å². The number of carboxylic acids is 1. The molecule has 0 atom stereocenters. The van der Waals surface area contributed by atoms with Crippen LogP contribution in [-0.2, 0) is 11.2 Å². The van der Waals surface area contributed by atoms with Crippen molar-refractivity contribution < 1.29 is 9.90 Å². The van der Waals surface area contributed by atoms with E-state index in [1.54, 1.807) is 0 Å². The average molecular weight is 338 g/mol. The van der Waals surface area contributed by atoms with Crippen LogP contribution >= 0.6 is 0 Å². The van der Waals surface area contributed by atoms with Gasteiger partial charge in [0.05, 0.1) is 0 Å². The van der Waals surface area contributed by atoms with Gasteiger partial charge in [-0.2, -0.15) is 0 Å². The summed E-state index contributed by atoms with van der Waals surface area (Å²) >= 11 is 0. The van der Waals surface area contributed by atoms with Crippen LogP contribution in [0.3, 0.4) is 0 Å². The molecule has 1 N–H and O–H groups in total. The van der Waals surface area contributed by atoms with E-state index < -0.39 is 5.97 Å². The lowest BCUT2D eigenvalue weighted by atomic mass is 10.1. The molecule has 0 unspecified atom stereocenters. The Morgan fingerprint density at radius 3 is 1.96 bits per heavy atom. The number of rotatable bonds is 12.